The number of aromatic nitrogens is 2. The minimum atomic E-state index is -4.04. The Hall–Kier alpha value is -2.81. The van der Waals surface area contributed by atoms with E-state index in [0.717, 1.165) is 0 Å². The van der Waals surface area contributed by atoms with Gasteiger partial charge < -0.3 is 9.64 Å². The van der Waals surface area contributed by atoms with Crippen LogP contribution in [-0.2, 0) is 16.6 Å². The van der Waals surface area contributed by atoms with Gasteiger partial charge in [0, 0.05) is 30.2 Å². The number of aryl methyl sites for hydroxylation is 1. The van der Waals surface area contributed by atoms with E-state index in [9.17, 15) is 18.5 Å². The van der Waals surface area contributed by atoms with Gasteiger partial charge >= 0.3 is 6.03 Å². The fraction of sp³-hybridized carbons (Fsp3) is 0.292. The van der Waals surface area contributed by atoms with Crippen LogP contribution in [0.25, 0.3) is 0 Å². The van der Waals surface area contributed by atoms with Crippen LogP contribution in [0.5, 0.6) is 11.5 Å². The average Bonchev–Trinajstić information content (AvgIpc) is 3.37. The summed E-state index contributed by atoms with van der Waals surface area (Å²) in [5.41, 5.74) is 0.817. The van der Waals surface area contributed by atoms with E-state index in [4.69, 9.17) is 39.5 Å². The molecular weight excluding hydrogens is 561 g/mol. The first-order valence-electron chi connectivity index (χ1n) is 11.3. The smallest absolute Gasteiger partial charge is 0.330 e. The van der Waals surface area contributed by atoms with Crippen molar-refractivity contribution in [1.29, 1.82) is 5.26 Å². The first kappa shape index (κ1) is 25.8. The molecule has 0 N–H and O–H groups in total. The summed E-state index contributed by atoms with van der Waals surface area (Å²) in [6, 6.07) is 10.4. The van der Waals surface area contributed by atoms with Crippen LogP contribution in [0, 0.1) is 18.3 Å². The minimum Gasteiger partial charge on any atom is -0.454 e. The van der Waals surface area contributed by atoms with E-state index in [1.165, 1.54) is 33.1 Å². The third-order valence-corrected chi connectivity index (χ3v) is 9.29. The van der Waals surface area contributed by atoms with Gasteiger partial charge in [-0.2, -0.15) is 9.57 Å². The highest BCUT2D eigenvalue weighted by atomic mass is 35.5. The van der Waals surface area contributed by atoms with Crippen LogP contribution in [0.1, 0.15) is 29.9 Å². The summed E-state index contributed by atoms with van der Waals surface area (Å²) in [5, 5.41) is 10.3. The van der Waals surface area contributed by atoms with Crippen molar-refractivity contribution in [3.05, 3.63) is 68.7 Å². The molecule has 3 aromatic rings. The summed E-state index contributed by atoms with van der Waals surface area (Å²) in [4.78, 5) is 18.7. The van der Waals surface area contributed by atoms with Crippen molar-refractivity contribution in [2.45, 2.75) is 37.2 Å². The standard InChI is InChI=1S/C24H20Cl3N5O4S/c1-14-29-23(27)19-13-31(24(33)32(14)19)17-6-8-30(9-7-17)37(34,35)22-10-15(12-28)2-5-20(22)36-21-11-16(25)3-4-18(21)26/h2-5,10-11,17H,6-9,13H2,1H3. The molecule has 9 nitrogen and oxygen atoms in total. The zero-order chi connectivity index (χ0) is 26.5. The van der Waals surface area contributed by atoms with Gasteiger partial charge in [-0.1, -0.05) is 34.8 Å². The lowest BCUT2D eigenvalue weighted by molar-refractivity contribution is 0.155. The van der Waals surface area contributed by atoms with Crippen LogP contribution < -0.4 is 4.74 Å². The number of carbonyl (C=O) groups is 1. The molecule has 2 aromatic carbocycles. The minimum absolute atomic E-state index is 0.0250. The Morgan fingerprint density at radius 1 is 1.08 bits per heavy atom. The monoisotopic (exact) mass is 579 g/mol. The SMILES string of the molecule is Cc1nc(Cl)c2n1C(=O)N(C1CCN(S(=O)(=O)c3cc(C#N)ccc3Oc3cc(Cl)ccc3Cl)CC1)C2. The Labute approximate surface area is 228 Å². The maximum atomic E-state index is 13.7. The number of hydrogen-bond acceptors (Lipinski definition) is 6. The Morgan fingerprint density at radius 3 is 2.49 bits per heavy atom. The number of amides is 1. The number of halogens is 3. The van der Waals surface area contributed by atoms with Gasteiger partial charge in [0.25, 0.3) is 0 Å². The number of benzene rings is 2. The lowest BCUT2D eigenvalue weighted by Gasteiger charge is -2.35. The summed E-state index contributed by atoms with van der Waals surface area (Å²) in [6.45, 7) is 2.42. The number of sulfonamides is 1. The molecule has 5 rings (SSSR count). The van der Waals surface area contributed by atoms with Crippen LogP contribution in [0.2, 0.25) is 15.2 Å². The third-order valence-electron chi connectivity index (χ3n) is 6.52. The van der Waals surface area contributed by atoms with Gasteiger partial charge in [-0.25, -0.2) is 22.8 Å². The number of carbonyl (C=O) groups excluding carboxylic acids is 1. The molecule has 0 atom stereocenters. The normalized spacial score (nSPS) is 16.6. The quantitative estimate of drug-likeness (QED) is 0.397. The van der Waals surface area contributed by atoms with Crippen molar-refractivity contribution in [2.75, 3.05) is 13.1 Å². The molecule has 0 spiro atoms. The molecular formula is C24H20Cl3N5O4S. The molecule has 1 fully saturated rings. The van der Waals surface area contributed by atoms with Crippen LogP contribution in [0.4, 0.5) is 4.79 Å². The zero-order valence-corrected chi connectivity index (χ0v) is 22.6. The van der Waals surface area contributed by atoms with Crippen molar-refractivity contribution in [2.24, 2.45) is 0 Å². The zero-order valence-electron chi connectivity index (χ0n) is 19.5. The van der Waals surface area contributed by atoms with E-state index in [1.54, 1.807) is 24.0 Å². The van der Waals surface area contributed by atoms with E-state index in [-0.39, 0.29) is 52.1 Å². The number of piperidine rings is 1. The Bertz CT molecular complexity index is 1560. The predicted octanol–water partition coefficient (Wildman–Crippen LogP) is 5.45. The highest BCUT2D eigenvalue weighted by Gasteiger charge is 2.39. The fourth-order valence-corrected chi connectivity index (χ4v) is 6.84. The van der Waals surface area contributed by atoms with Crippen LogP contribution >= 0.6 is 34.8 Å². The fourth-order valence-electron chi connectivity index (χ4n) is 4.65. The second kappa shape index (κ2) is 9.82. The molecule has 13 heteroatoms. The van der Waals surface area contributed by atoms with Gasteiger partial charge in [-0.3, -0.25) is 0 Å². The summed E-state index contributed by atoms with van der Waals surface area (Å²) >= 11 is 18.4. The first-order valence-corrected chi connectivity index (χ1v) is 13.9. The van der Waals surface area contributed by atoms with Gasteiger partial charge in [-0.05, 0) is 50.1 Å². The molecule has 3 heterocycles. The topological polar surface area (TPSA) is 109 Å². The van der Waals surface area contributed by atoms with Crippen molar-refractivity contribution in [1.82, 2.24) is 18.8 Å². The molecule has 2 aliphatic rings. The molecule has 1 aromatic heterocycles. The van der Waals surface area contributed by atoms with Gasteiger partial charge in [0.2, 0.25) is 10.0 Å². The molecule has 2 aliphatic heterocycles. The maximum absolute atomic E-state index is 13.7. The van der Waals surface area contributed by atoms with Gasteiger partial charge in [-0.15, -0.1) is 0 Å². The number of rotatable bonds is 5. The largest absolute Gasteiger partial charge is 0.454 e. The number of ether oxygens (including phenoxy) is 1. The number of hydrogen-bond donors (Lipinski definition) is 0. The molecule has 192 valence electrons. The second-order valence-electron chi connectivity index (χ2n) is 8.73. The first-order chi connectivity index (χ1) is 17.6. The van der Waals surface area contributed by atoms with E-state index in [2.05, 4.69) is 4.98 Å². The summed E-state index contributed by atoms with van der Waals surface area (Å²) in [7, 11) is -4.04. The van der Waals surface area contributed by atoms with Crippen LogP contribution in [0.3, 0.4) is 0 Å². The summed E-state index contributed by atoms with van der Waals surface area (Å²) in [5.74, 6) is 0.739. The van der Waals surface area contributed by atoms with E-state index >= 15 is 0 Å². The van der Waals surface area contributed by atoms with Gasteiger partial charge in [0.15, 0.2) is 5.15 Å². The number of nitriles is 1. The molecule has 0 bridgehead atoms. The molecule has 0 radical (unpaired) electrons. The van der Waals surface area contributed by atoms with Crippen molar-refractivity contribution >= 4 is 50.9 Å². The number of nitrogens with zero attached hydrogens (tertiary/aromatic N) is 5. The van der Waals surface area contributed by atoms with E-state index < -0.39 is 10.0 Å². The van der Waals surface area contributed by atoms with Crippen molar-refractivity contribution < 1.29 is 17.9 Å². The second-order valence-corrected chi connectivity index (χ2v) is 11.8. The van der Waals surface area contributed by atoms with E-state index in [0.29, 0.717) is 41.1 Å². The molecule has 0 saturated carbocycles. The van der Waals surface area contributed by atoms with E-state index in [1.807, 2.05) is 6.07 Å². The van der Waals surface area contributed by atoms with Gasteiger partial charge in [0.05, 0.1) is 28.9 Å². The lowest BCUT2D eigenvalue weighted by atomic mass is 10.1. The average molecular weight is 581 g/mol. The van der Waals surface area contributed by atoms with Crippen molar-refractivity contribution in [3.8, 4) is 17.6 Å². The number of imidazole rings is 1. The summed E-state index contributed by atoms with van der Waals surface area (Å²) in [6.07, 6.45) is 0.877. The molecule has 1 amide bonds. The third kappa shape index (κ3) is 4.67. The molecule has 0 aliphatic carbocycles. The Morgan fingerprint density at radius 2 is 1.81 bits per heavy atom. The van der Waals surface area contributed by atoms with Crippen molar-refractivity contribution in [3.63, 3.8) is 0 Å². The van der Waals surface area contributed by atoms with Gasteiger partial charge in [0.1, 0.15) is 22.2 Å². The molecule has 1 saturated heterocycles. The summed E-state index contributed by atoms with van der Waals surface area (Å²) < 4.78 is 36.1. The van der Waals surface area contributed by atoms with Crippen LogP contribution in [-0.4, -0.2) is 52.3 Å². The highest BCUT2D eigenvalue weighted by Crippen LogP contribution is 2.37. The Balaban J connectivity index is 1.37. The molecule has 0 unspecified atom stereocenters. The number of fused-ring (bicyclic) bond motifs is 1. The molecule has 37 heavy (non-hydrogen) atoms. The highest BCUT2D eigenvalue weighted by molar-refractivity contribution is 7.89. The van der Waals surface area contributed by atoms with Crippen LogP contribution in [0.15, 0.2) is 41.3 Å². The predicted molar refractivity (Wildman–Crippen MR) is 138 cm³/mol. The Kier molecular flexibility index (Phi) is 6.85. The lowest BCUT2D eigenvalue weighted by Crippen LogP contribution is -2.47. The maximum Gasteiger partial charge on any atom is 0.330 e.